The molecule has 1 unspecified atom stereocenters. The van der Waals surface area contributed by atoms with Gasteiger partial charge in [0.15, 0.2) is 0 Å². The van der Waals surface area contributed by atoms with Gasteiger partial charge in [0.2, 0.25) is 5.91 Å². The molecule has 384 valence electrons. The lowest BCUT2D eigenvalue weighted by atomic mass is 9.72. The van der Waals surface area contributed by atoms with Crippen molar-refractivity contribution in [3.63, 3.8) is 0 Å². The number of hydrogen-bond donors (Lipinski definition) is 3. The number of alkyl halides is 3. The van der Waals surface area contributed by atoms with Crippen LogP contribution in [0.3, 0.4) is 0 Å². The molecule has 5 aromatic rings. The first-order chi connectivity index (χ1) is 34.3. The van der Waals surface area contributed by atoms with Crippen LogP contribution >= 0.6 is 0 Å². The van der Waals surface area contributed by atoms with Gasteiger partial charge in [-0.3, -0.25) is 24.6 Å². The molecular formula is C51H59F3N8O9S. The van der Waals surface area contributed by atoms with Crippen molar-refractivity contribution in [3.05, 3.63) is 117 Å². The van der Waals surface area contributed by atoms with Gasteiger partial charge in [-0.05, 0) is 110 Å². The van der Waals surface area contributed by atoms with Crippen LogP contribution in [-0.4, -0.2) is 124 Å². The number of hydrogen-bond acceptors (Lipinski definition) is 13. The van der Waals surface area contributed by atoms with Gasteiger partial charge in [0.25, 0.3) is 21.6 Å². The molecule has 0 spiro atoms. The second-order valence-electron chi connectivity index (χ2n) is 19.3. The van der Waals surface area contributed by atoms with E-state index in [2.05, 4.69) is 43.7 Å². The number of halogens is 3. The van der Waals surface area contributed by atoms with E-state index in [1.54, 1.807) is 48.4 Å². The number of nitrogens with zero attached hydrogens (tertiary/aromatic N) is 5. The average molecular weight is 1020 g/mol. The summed E-state index contributed by atoms with van der Waals surface area (Å²) in [5, 5.41) is 16.0. The number of carbonyl (C=O) groups excluding carboxylic acids is 2. The third-order valence-electron chi connectivity index (χ3n) is 13.5. The molecule has 72 heavy (non-hydrogen) atoms. The monoisotopic (exact) mass is 1020 g/mol. The summed E-state index contributed by atoms with van der Waals surface area (Å²) in [5.41, 5.74) is 3.91. The van der Waals surface area contributed by atoms with Crippen molar-refractivity contribution in [2.45, 2.75) is 70.1 Å². The Kier molecular flexibility index (Phi) is 15.6. The molecule has 3 aliphatic rings. The molecule has 8 rings (SSSR count). The number of piperazine rings is 1. The van der Waals surface area contributed by atoms with Crippen LogP contribution in [0.4, 0.5) is 30.2 Å². The molecule has 2 aliphatic heterocycles. The lowest BCUT2D eigenvalue weighted by molar-refractivity contribution is -0.384. The molecular weight excluding hydrogens is 958 g/mol. The molecule has 3 N–H and O–H groups in total. The van der Waals surface area contributed by atoms with Crippen LogP contribution in [0.15, 0.2) is 89.6 Å². The van der Waals surface area contributed by atoms with Crippen molar-refractivity contribution >= 4 is 55.5 Å². The number of nitro groups is 1. The molecule has 21 heteroatoms. The molecule has 2 amide bonds. The van der Waals surface area contributed by atoms with E-state index in [-0.39, 0.29) is 46.8 Å². The lowest BCUT2D eigenvalue weighted by Gasteiger charge is -2.39. The van der Waals surface area contributed by atoms with Crippen LogP contribution in [-0.2, 0) is 30.5 Å². The third-order valence-corrected chi connectivity index (χ3v) is 14.8. The smallest absolute Gasteiger partial charge is 0.416 e. The molecule has 1 aliphatic carbocycles. The summed E-state index contributed by atoms with van der Waals surface area (Å²) in [6, 6.07) is 15.7. The van der Waals surface area contributed by atoms with E-state index in [4.69, 9.17) is 14.2 Å². The Morgan fingerprint density at radius 2 is 1.82 bits per heavy atom. The maximum absolute atomic E-state index is 14.0. The zero-order valence-corrected chi connectivity index (χ0v) is 41.5. The number of nitrogens with one attached hydrogen (secondary N) is 3. The van der Waals surface area contributed by atoms with E-state index >= 15 is 0 Å². The number of nitro benzene ring substituents is 1. The van der Waals surface area contributed by atoms with E-state index in [0.29, 0.717) is 88.7 Å². The first-order valence-electron chi connectivity index (χ1n) is 23.9. The Labute approximate surface area is 415 Å². The van der Waals surface area contributed by atoms with Crippen LogP contribution in [0.5, 0.6) is 11.5 Å². The van der Waals surface area contributed by atoms with Gasteiger partial charge in [-0.1, -0.05) is 25.5 Å². The number of pyridine rings is 1. The fourth-order valence-electron chi connectivity index (χ4n) is 9.59. The number of H-pyrrole nitrogens is 1. The predicted molar refractivity (Wildman–Crippen MR) is 266 cm³/mol. The number of methoxy groups -OCH3 is 1. The highest BCUT2D eigenvalue weighted by Gasteiger charge is 2.34. The summed E-state index contributed by atoms with van der Waals surface area (Å²) in [6.45, 7) is 10.9. The number of anilines is 2. The topological polar surface area (TPSA) is 202 Å². The Morgan fingerprint density at radius 3 is 2.56 bits per heavy atom. The fraction of sp³-hybridized carbons (Fsp3) is 0.431. The van der Waals surface area contributed by atoms with Crippen molar-refractivity contribution < 1.29 is 50.3 Å². The summed E-state index contributed by atoms with van der Waals surface area (Å²) >= 11 is 0. The standard InChI is InChI=1S/C51H59F3N8O9S/c1-33-24-36(51(52,53)54)7-10-41(33)43-28-50(2,3)15-13-35(43)30-59-18-20-60(21-19-59)37-8-11-42(46(26-37)71-39-25-34-14-17-56-48(34)57-29-39)49(64)58-72(67,68)40-9-12-44(45(27-40)62(65)66)55-16-5-6-38-31-61(22-23-70-38)47(63)32-69-4/h7-12,14,17,24-27,29,38,55H,5-6,13,15-16,18-23,28,30-32H2,1-4H3,(H,56,57)(H,58,64). The number of aryl methyl sites for hydroxylation is 1. The number of amides is 2. The van der Waals surface area contributed by atoms with Crippen LogP contribution in [0.1, 0.15) is 73.0 Å². The Morgan fingerprint density at radius 1 is 1.03 bits per heavy atom. The number of aromatic nitrogens is 2. The minimum atomic E-state index is -4.66. The van der Waals surface area contributed by atoms with Gasteiger partial charge >= 0.3 is 6.18 Å². The quantitative estimate of drug-likeness (QED) is 0.0455. The normalized spacial score (nSPS) is 17.8. The van der Waals surface area contributed by atoms with Crippen LogP contribution in [0.2, 0.25) is 0 Å². The molecule has 0 saturated carbocycles. The Bertz CT molecular complexity index is 2970. The number of fused-ring (bicyclic) bond motifs is 1. The highest BCUT2D eigenvalue weighted by atomic mass is 32.2. The van der Waals surface area contributed by atoms with Gasteiger partial charge in [-0.25, -0.2) is 18.1 Å². The molecule has 0 bridgehead atoms. The number of aromatic amines is 1. The zero-order valence-electron chi connectivity index (χ0n) is 40.6. The molecule has 3 aromatic carbocycles. The number of allylic oxidation sites excluding steroid dienone is 1. The van der Waals surface area contributed by atoms with Crippen molar-refractivity contribution in [2.24, 2.45) is 5.41 Å². The number of ether oxygens (including phenoxy) is 3. The van der Waals surface area contributed by atoms with Gasteiger partial charge in [-0.2, -0.15) is 13.2 Å². The molecule has 17 nitrogen and oxygen atoms in total. The molecule has 2 saturated heterocycles. The minimum absolute atomic E-state index is 0.000597. The summed E-state index contributed by atoms with van der Waals surface area (Å²) in [6.07, 6.45) is 2.21. The van der Waals surface area contributed by atoms with E-state index in [1.807, 2.05) is 0 Å². The van der Waals surface area contributed by atoms with Crippen LogP contribution in [0, 0.1) is 22.5 Å². The number of carbonyl (C=O) groups is 2. The molecule has 4 heterocycles. The van der Waals surface area contributed by atoms with E-state index in [0.717, 1.165) is 41.9 Å². The second kappa shape index (κ2) is 21.7. The zero-order chi connectivity index (χ0) is 51.4. The third kappa shape index (κ3) is 12.4. The molecule has 0 radical (unpaired) electrons. The molecule has 2 aromatic heterocycles. The van der Waals surface area contributed by atoms with Gasteiger partial charge in [-0.15, -0.1) is 0 Å². The summed E-state index contributed by atoms with van der Waals surface area (Å²) in [4.78, 5) is 50.9. The van der Waals surface area contributed by atoms with Gasteiger partial charge in [0.1, 0.15) is 29.4 Å². The molecule has 1 atom stereocenters. The number of sulfonamides is 1. The van der Waals surface area contributed by atoms with Crippen LogP contribution in [0.25, 0.3) is 16.6 Å². The maximum atomic E-state index is 14.0. The first-order valence-corrected chi connectivity index (χ1v) is 25.3. The number of benzene rings is 3. The highest BCUT2D eigenvalue weighted by Crippen LogP contribution is 2.45. The van der Waals surface area contributed by atoms with Gasteiger partial charge in [0.05, 0.1) is 39.9 Å². The number of rotatable bonds is 17. The first kappa shape index (κ1) is 51.8. The Hall–Kier alpha value is -6.55. The summed E-state index contributed by atoms with van der Waals surface area (Å²) < 4.78 is 87.4. The van der Waals surface area contributed by atoms with Crippen molar-refractivity contribution in [1.29, 1.82) is 0 Å². The van der Waals surface area contributed by atoms with E-state index in [1.165, 1.54) is 49.2 Å². The SMILES string of the molecule is COCC(=O)N1CCOC(CCCNc2ccc(S(=O)(=O)NC(=O)c3ccc(N4CCN(CC5=C(c6ccc(C(F)(F)F)cc6C)CC(C)(C)CC5)CC4)cc3Oc3cnc4[nH]ccc4c3)cc2[N+](=O)[O-])C1. The van der Waals surface area contributed by atoms with Crippen molar-refractivity contribution in [1.82, 2.24) is 24.5 Å². The van der Waals surface area contributed by atoms with Crippen molar-refractivity contribution in [3.8, 4) is 11.5 Å². The molecule has 2 fully saturated rings. The Balaban J connectivity index is 0.959. The van der Waals surface area contributed by atoms with Gasteiger partial charge in [0, 0.05) is 88.9 Å². The van der Waals surface area contributed by atoms with E-state index < -0.39 is 43.2 Å². The van der Waals surface area contributed by atoms with Crippen LogP contribution < -0.4 is 19.7 Å². The van der Waals surface area contributed by atoms with Gasteiger partial charge < -0.3 is 34.3 Å². The van der Waals surface area contributed by atoms with Crippen molar-refractivity contribution in [2.75, 3.05) is 82.9 Å². The summed E-state index contributed by atoms with van der Waals surface area (Å²) in [5.74, 6) is -0.832. The summed E-state index contributed by atoms with van der Waals surface area (Å²) in [7, 11) is -3.21. The average Bonchev–Trinajstić information content (AvgIpc) is 3.81. The highest BCUT2D eigenvalue weighted by molar-refractivity contribution is 7.90. The number of morpholine rings is 1. The largest absolute Gasteiger partial charge is 0.455 e. The maximum Gasteiger partial charge on any atom is 0.416 e. The lowest BCUT2D eigenvalue weighted by Crippen LogP contribution is -2.47. The predicted octanol–water partition coefficient (Wildman–Crippen LogP) is 8.56. The second-order valence-corrected chi connectivity index (χ2v) is 21.0. The minimum Gasteiger partial charge on any atom is -0.455 e. The fourth-order valence-corrected chi connectivity index (χ4v) is 10.6. The van der Waals surface area contributed by atoms with E-state index in [9.17, 15) is 41.3 Å².